The van der Waals surface area contributed by atoms with E-state index in [2.05, 4.69) is 0 Å². The SMILES string of the molecule is CCOC(=O)COC/C=C\CN1C(=O)CC[C@@H]1C=O. The average molecular weight is 269 g/mol. The van der Waals surface area contributed by atoms with Gasteiger partial charge in [-0.2, -0.15) is 0 Å². The molecule has 0 radical (unpaired) electrons. The highest BCUT2D eigenvalue weighted by atomic mass is 16.6. The lowest BCUT2D eigenvalue weighted by molar-refractivity contribution is -0.148. The van der Waals surface area contributed by atoms with Crippen LogP contribution >= 0.6 is 0 Å². The van der Waals surface area contributed by atoms with Crippen LogP contribution in [0, 0.1) is 0 Å². The highest BCUT2D eigenvalue weighted by molar-refractivity contribution is 5.83. The highest BCUT2D eigenvalue weighted by Gasteiger charge is 2.29. The molecular formula is C13H19NO5. The molecule has 0 aromatic heterocycles. The third kappa shape index (κ3) is 5.21. The van der Waals surface area contributed by atoms with E-state index < -0.39 is 5.97 Å². The Labute approximate surface area is 112 Å². The van der Waals surface area contributed by atoms with Gasteiger partial charge in [-0.15, -0.1) is 0 Å². The largest absolute Gasteiger partial charge is 0.464 e. The topological polar surface area (TPSA) is 72.9 Å². The van der Waals surface area contributed by atoms with Gasteiger partial charge in [0, 0.05) is 13.0 Å². The summed E-state index contributed by atoms with van der Waals surface area (Å²) < 4.78 is 9.75. The Bertz CT molecular complexity index is 353. The lowest BCUT2D eigenvalue weighted by Gasteiger charge is -2.18. The van der Waals surface area contributed by atoms with Crippen molar-refractivity contribution in [2.75, 3.05) is 26.4 Å². The molecule has 6 nitrogen and oxygen atoms in total. The average Bonchev–Trinajstić information content (AvgIpc) is 2.75. The van der Waals surface area contributed by atoms with Crippen molar-refractivity contribution in [2.45, 2.75) is 25.8 Å². The van der Waals surface area contributed by atoms with E-state index in [4.69, 9.17) is 9.47 Å². The molecule has 0 N–H and O–H groups in total. The Hall–Kier alpha value is -1.69. The summed E-state index contributed by atoms with van der Waals surface area (Å²) in [6.45, 7) is 2.64. The lowest BCUT2D eigenvalue weighted by Crippen LogP contribution is -2.34. The Morgan fingerprint density at radius 2 is 2.26 bits per heavy atom. The van der Waals surface area contributed by atoms with Gasteiger partial charge in [0.25, 0.3) is 0 Å². The zero-order valence-corrected chi connectivity index (χ0v) is 11.0. The molecule has 19 heavy (non-hydrogen) atoms. The van der Waals surface area contributed by atoms with Gasteiger partial charge in [-0.05, 0) is 13.3 Å². The van der Waals surface area contributed by atoms with Crippen molar-refractivity contribution in [1.82, 2.24) is 4.90 Å². The number of likely N-dealkylation sites (tertiary alicyclic amines) is 1. The Morgan fingerprint density at radius 3 is 2.95 bits per heavy atom. The molecule has 0 aliphatic carbocycles. The number of amides is 1. The molecule has 0 aromatic rings. The van der Waals surface area contributed by atoms with Crippen molar-refractivity contribution < 1.29 is 23.9 Å². The van der Waals surface area contributed by atoms with Crippen LogP contribution in [0.4, 0.5) is 0 Å². The molecule has 1 heterocycles. The summed E-state index contributed by atoms with van der Waals surface area (Å²) in [5.41, 5.74) is 0. The fourth-order valence-corrected chi connectivity index (χ4v) is 1.80. The normalized spacial score (nSPS) is 19.1. The number of hydrogen-bond donors (Lipinski definition) is 0. The maximum Gasteiger partial charge on any atom is 0.332 e. The fourth-order valence-electron chi connectivity index (χ4n) is 1.80. The summed E-state index contributed by atoms with van der Waals surface area (Å²) >= 11 is 0. The van der Waals surface area contributed by atoms with Crippen molar-refractivity contribution in [3.8, 4) is 0 Å². The standard InChI is InChI=1S/C13H19NO5/c1-2-19-13(17)10-18-8-4-3-7-14-11(9-15)5-6-12(14)16/h3-4,9,11H,2,5-8,10H2,1H3/b4-3-/t11-/m1/s1. The van der Waals surface area contributed by atoms with Gasteiger partial charge < -0.3 is 19.2 Å². The molecule has 0 aromatic carbocycles. The van der Waals surface area contributed by atoms with Crippen LogP contribution in [-0.2, 0) is 23.9 Å². The van der Waals surface area contributed by atoms with Gasteiger partial charge in [0.1, 0.15) is 12.9 Å². The first-order chi connectivity index (χ1) is 9.19. The minimum atomic E-state index is -0.397. The van der Waals surface area contributed by atoms with Crippen LogP contribution in [-0.4, -0.2) is 55.5 Å². The molecule has 1 aliphatic rings. The molecule has 1 saturated heterocycles. The molecule has 1 rings (SSSR count). The second kappa shape index (κ2) is 8.42. The number of hydrogen-bond acceptors (Lipinski definition) is 5. The predicted octanol–water partition coefficient (Wildman–Crippen LogP) is 0.312. The van der Waals surface area contributed by atoms with Gasteiger partial charge in [-0.25, -0.2) is 4.79 Å². The number of esters is 1. The summed E-state index contributed by atoms with van der Waals surface area (Å²) in [7, 11) is 0. The van der Waals surface area contributed by atoms with Gasteiger partial charge in [-0.3, -0.25) is 4.79 Å². The van der Waals surface area contributed by atoms with Crippen molar-refractivity contribution in [2.24, 2.45) is 0 Å². The molecule has 0 unspecified atom stereocenters. The van der Waals surface area contributed by atoms with E-state index in [1.54, 1.807) is 19.1 Å². The van der Waals surface area contributed by atoms with Gasteiger partial charge >= 0.3 is 5.97 Å². The van der Waals surface area contributed by atoms with E-state index in [9.17, 15) is 14.4 Å². The number of aldehydes is 1. The molecule has 1 amide bonds. The maximum absolute atomic E-state index is 11.5. The summed E-state index contributed by atoms with van der Waals surface area (Å²) in [6, 6.07) is -0.308. The third-order valence-electron chi connectivity index (χ3n) is 2.74. The summed E-state index contributed by atoms with van der Waals surface area (Å²) in [6.07, 6.45) is 5.29. The van der Waals surface area contributed by atoms with Gasteiger partial charge in [0.05, 0.1) is 19.3 Å². The molecule has 0 saturated carbocycles. The maximum atomic E-state index is 11.5. The van der Waals surface area contributed by atoms with Crippen LogP contribution in [0.1, 0.15) is 19.8 Å². The molecule has 6 heteroatoms. The first-order valence-electron chi connectivity index (χ1n) is 6.32. The van der Waals surface area contributed by atoms with Crippen LogP contribution in [0.3, 0.4) is 0 Å². The predicted molar refractivity (Wildman–Crippen MR) is 67.4 cm³/mol. The van der Waals surface area contributed by atoms with E-state index in [1.807, 2.05) is 0 Å². The number of carbonyl (C=O) groups excluding carboxylic acids is 3. The molecule has 0 bridgehead atoms. The van der Waals surface area contributed by atoms with Crippen molar-refractivity contribution in [3.05, 3.63) is 12.2 Å². The lowest BCUT2D eigenvalue weighted by atomic mass is 10.2. The Balaban J connectivity index is 2.18. The molecule has 1 atom stereocenters. The summed E-state index contributed by atoms with van der Waals surface area (Å²) in [4.78, 5) is 34.7. The second-order valence-corrected chi connectivity index (χ2v) is 4.08. The zero-order chi connectivity index (χ0) is 14.1. The van der Waals surface area contributed by atoms with Crippen LogP contribution in [0.15, 0.2) is 12.2 Å². The van der Waals surface area contributed by atoms with Gasteiger partial charge in [0.15, 0.2) is 0 Å². The summed E-state index contributed by atoms with van der Waals surface area (Å²) in [5, 5.41) is 0. The molecule has 1 aliphatic heterocycles. The van der Waals surface area contributed by atoms with E-state index in [0.29, 0.717) is 26.0 Å². The van der Waals surface area contributed by atoms with Gasteiger partial charge in [0.2, 0.25) is 5.91 Å². The molecule has 0 spiro atoms. The van der Waals surface area contributed by atoms with Crippen LogP contribution in [0.2, 0.25) is 0 Å². The van der Waals surface area contributed by atoms with E-state index >= 15 is 0 Å². The van der Waals surface area contributed by atoms with Crippen molar-refractivity contribution in [3.63, 3.8) is 0 Å². The van der Waals surface area contributed by atoms with E-state index in [0.717, 1.165) is 6.29 Å². The first kappa shape index (κ1) is 15.4. The van der Waals surface area contributed by atoms with E-state index in [1.165, 1.54) is 4.90 Å². The quantitative estimate of drug-likeness (QED) is 0.274. The highest BCUT2D eigenvalue weighted by Crippen LogP contribution is 2.16. The number of carbonyl (C=O) groups is 3. The molecule has 1 fully saturated rings. The van der Waals surface area contributed by atoms with Crippen molar-refractivity contribution in [1.29, 1.82) is 0 Å². The van der Waals surface area contributed by atoms with Crippen molar-refractivity contribution >= 4 is 18.2 Å². The molecule has 106 valence electrons. The smallest absolute Gasteiger partial charge is 0.332 e. The Kier molecular flexibility index (Phi) is 6.81. The van der Waals surface area contributed by atoms with Crippen LogP contribution in [0.25, 0.3) is 0 Å². The first-order valence-corrected chi connectivity index (χ1v) is 6.32. The number of rotatable bonds is 8. The number of nitrogens with zero attached hydrogens (tertiary/aromatic N) is 1. The summed E-state index contributed by atoms with van der Waals surface area (Å²) in [5.74, 6) is -0.402. The number of ether oxygens (including phenoxy) is 2. The minimum absolute atomic E-state index is 0.00538. The third-order valence-corrected chi connectivity index (χ3v) is 2.74. The monoisotopic (exact) mass is 269 g/mol. The Morgan fingerprint density at radius 1 is 1.47 bits per heavy atom. The zero-order valence-electron chi connectivity index (χ0n) is 11.0. The minimum Gasteiger partial charge on any atom is -0.464 e. The fraction of sp³-hybridized carbons (Fsp3) is 0.615. The van der Waals surface area contributed by atoms with Crippen LogP contribution in [0.5, 0.6) is 0 Å². The van der Waals surface area contributed by atoms with E-state index in [-0.39, 0.29) is 25.2 Å². The van der Waals surface area contributed by atoms with Gasteiger partial charge in [-0.1, -0.05) is 12.2 Å². The second-order valence-electron chi connectivity index (χ2n) is 4.08. The molecular weight excluding hydrogens is 250 g/mol. The van der Waals surface area contributed by atoms with Crippen LogP contribution < -0.4 is 0 Å².